The minimum absolute atomic E-state index is 0.184. The molecule has 0 spiro atoms. The zero-order chi connectivity index (χ0) is 14.9. The van der Waals surface area contributed by atoms with E-state index in [1.807, 2.05) is 0 Å². The molecule has 1 aromatic heterocycles. The monoisotopic (exact) mass is 313 g/mol. The third-order valence-electron chi connectivity index (χ3n) is 2.65. The molecule has 0 radical (unpaired) electrons. The molecule has 0 atom stereocenters. The van der Waals surface area contributed by atoms with Crippen molar-refractivity contribution in [3.05, 3.63) is 39.4 Å². The van der Waals surface area contributed by atoms with Crippen molar-refractivity contribution in [2.75, 3.05) is 12.8 Å². The van der Waals surface area contributed by atoms with Crippen molar-refractivity contribution in [1.29, 1.82) is 0 Å². The number of carbonyl (C=O) groups excluding carboxylic acids is 1. The first kappa shape index (κ1) is 14.6. The number of anilines is 1. The number of aromatic nitrogens is 3. The molecule has 0 unspecified atom stereocenters. The Kier molecular flexibility index (Phi) is 4.15. The van der Waals surface area contributed by atoms with Crippen molar-refractivity contribution in [2.24, 2.45) is 0 Å². The van der Waals surface area contributed by atoms with Gasteiger partial charge in [0.05, 0.1) is 22.2 Å². The van der Waals surface area contributed by atoms with Gasteiger partial charge in [-0.3, -0.25) is 9.89 Å². The number of carbonyl (C=O) groups is 1. The summed E-state index contributed by atoms with van der Waals surface area (Å²) in [4.78, 5) is 17.9. The minimum Gasteiger partial charge on any atom is -0.399 e. The van der Waals surface area contributed by atoms with Crippen molar-refractivity contribution in [2.45, 2.75) is 13.5 Å². The number of nitrogens with two attached hydrogens (primary N) is 1. The topological polar surface area (TPSA) is 87.9 Å². The Morgan fingerprint density at radius 3 is 2.75 bits per heavy atom. The van der Waals surface area contributed by atoms with E-state index in [9.17, 15) is 4.79 Å². The number of halogens is 2. The maximum absolute atomic E-state index is 12.3. The van der Waals surface area contributed by atoms with Gasteiger partial charge >= 0.3 is 0 Å². The normalized spacial score (nSPS) is 10.6. The molecular formula is C12H13Cl2N5O. The number of nitrogens with zero attached hydrogens (tertiary/aromatic N) is 3. The molecule has 3 N–H and O–H groups in total. The number of nitrogens with one attached hydrogen (secondary N) is 1. The molecular weight excluding hydrogens is 301 g/mol. The highest BCUT2D eigenvalue weighted by Gasteiger charge is 2.19. The molecule has 2 aromatic rings. The van der Waals surface area contributed by atoms with Crippen molar-refractivity contribution >= 4 is 34.8 Å². The Bertz CT molecular complexity index is 655. The fourth-order valence-electron chi connectivity index (χ4n) is 1.71. The second-order valence-corrected chi connectivity index (χ2v) is 5.15. The number of hydrogen-bond acceptors (Lipinski definition) is 4. The summed E-state index contributed by atoms with van der Waals surface area (Å²) in [6, 6.07) is 3.00. The molecule has 0 saturated carbocycles. The predicted molar refractivity (Wildman–Crippen MR) is 77.8 cm³/mol. The maximum Gasteiger partial charge on any atom is 0.255 e. The van der Waals surface area contributed by atoms with Gasteiger partial charge in [-0.2, -0.15) is 5.10 Å². The number of amides is 1. The van der Waals surface area contributed by atoms with Gasteiger partial charge in [0.1, 0.15) is 5.82 Å². The van der Waals surface area contributed by atoms with Crippen molar-refractivity contribution < 1.29 is 4.79 Å². The summed E-state index contributed by atoms with van der Waals surface area (Å²) in [5, 5.41) is 7.12. The third-order valence-corrected chi connectivity index (χ3v) is 3.45. The molecule has 106 valence electrons. The SMILES string of the molecule is Cc1nc(CN(C)C(=O)c2cc(N)cc(Cl)c2Cl)n[nH]1. The zero-order valence-corrected chi connectivity index (χ0v) is 12.5. The van der Waals surface area contributed by atoms with Crippen LogP contribution in [-0.4, -0.2) is 33.0 Å². The summed E-state index contributed by atoms with van der Waals surface area (Å²) in [6.07, 6.45) is 0. The van der Waals surface area contributed by atoms with Crippen LogP contribution in [0.15, 0.2) is 12.1 Å². The van der Waals surface area contributed by atoms with E-state index in [0.29, 0.717) is 17.3 Å². The molecule has 0 aliphatic carbocycles. The fraction of sp³-hybridized carbons (Fsp3) is 0.250. The molecule has 6 nitrogen and oxygen atoms in total. The van der Waals surface area contributed by atoms with Gasteiger partial charge in [-0.1, -0.05) is 23.2 Å². The average molecular weight is 314 g/mol. The van der Waals surface area contributed by atoms with Gasteiger partial charge in [-0.05, 0) is 19.1 Å². The Hall–Kier alpha value is -1.79. The van der Waals surface area contributed by atoms with Crippen molar-refractivity contribution in [3.8, 4) is 0 Å². The average Bonchev–Trinajstić information content (AvgIpc) is 2.78. The lowest BCUT2D eigenvalue weighted by Crippen LogP contribution is -2.27. The highest BCUT2D eigenvalue weighted by Crippen LogP contribution is 2.29. The van der Waals surface area contributed by atoms with Crippen LogP contribution in [-0.2, 0) is 6.54 Å². The lowest BCUT2D eigenvalue weighted by molar-refractivity contribution is 0.0782. The van der Waals surface area contributed by atoms with Gasteiger partial charge in [0.2, 0.25) is 0 Å². The molecule has 0 fully saturated rings. The Morgan fingerprint density at radius 1 is 1.45 bits per heavy atom. The van der Waals surface area contributed by atoms with E-state index in [0.717, 1.165) is 0 Å². The lowest BCUT2D eigenvalue weighted by atomic mass is 10.1. The fourth-order valence-corrected chi connectivity index (χ4v) is 2.13. The first-order valence-corrected chi connectivity index (χ1v) is 6.52. The minimum atomic E-state index is -0.299. The van der Waals surface area contributed by atoms with Gasteiger partial charge in [-0.25, -0.2) is 4.98 Å². The summed E-state index contributed by atoms with van der Waals surface area (Å²) >= 11 is 12.0. The Labute approximate surface area is 125 Å². The first-order valence-electron chi connectivity index (χ1n) is 5.76. The predicted octanol–water partition coefficient (Wildman–Crippen LogP) is 2.27. The van der Waals surface area contributed by atoms with E-state index in [2.05, 4.69) is 15.2 Å². The van der Waals surface area contributed by atoms with Gasteiger partial charge in [0, 0.05) is 12.7 Å². The number of rotatable bonds is 3. The van der Waals surface area contributed by atoms with Crippen LogP contribution in [0.25, 0.3) is 0 Å². The largest absolute Gasteiger partial charge is 0.399 e. The Balaban J connectivity index is 2.22. The van der Waals surface area contributed by atoms with Gasteiger partial charge in [0.15, 0.2) is 5.82 Å². The number of benzene rings is 1. The van der Waals surface area contributed by atoms with Crippen LogP contribution >= 0.6 is 23.2 Å². The number of aromatic amines is 1. The number of H-pyrrole nitrogens is 1. The van der Waals surface area contributed by atoms with Crippen LogP contribution in [0, 0.1) is 6.92 Å². The molecule has 2 rings (SSSR count). The highest BCUT2D eigenvalue weighted by atomic mass is 35.5. The molecule has 20 heavy (non-hydrogen) atoms. The summed E-state index contributed by atoms with van der Waals surface area (Å²) in [7, 11) is 1.63. The van der Waals surface area contributed by atoms with Crippen molar-refractivity contribution in [3.63, 3.8) is 0 Å². The van der Waals surface area contributed by atoms with Crippen LogP contribution in [0.5, 0.6) is 0 Å². The summed E-state index contributed by atoms with van der Waals surface area (Å²) in [5.74, 6) is 0.905. The smallest absolute Gasteiger partial charge is 0.255 e. The summed E-state index contributed by atoms with van der Waals surface area (Å²) < 4.78 is 0. The van der Waals surface area contributed by atoms with E-state index in [1.165, 1.54) is 17.0 Å². The summed E-state index contributed by atoms with van der Waals surface area (Å²) in [6.45, 7) is 2.04. The molecule has 1 amide bonds. The maximum atomic E-state index is 12.3. The zero-order valence-electron chi connectivity index (χ0n) is 10.9. The van der Waals surface area contributed by atoms with E-state index >= 15 is 0 Å². The molecule has 8 heteroatoms. The molecule has 0 aliphatic heterocycles. The number of nitrogen functional groups attached to an aromatic ring is 1. The second kappa shape index (κ2) is 5.68. The van der Waals surface area contributed by atoms with Gasteiger partial charge < -0.3 is 10.6 Å². The molecule has 0 bridgehead atoms. The van der Waals surface area contributed by atoms with E-state index in [-0.39, 0.29) is 28.1 Å². The summed E-state index contributed by atoms with van der Waals surface area (Å²) in [5.41, 5.74) is 6.31. The molecule has 1 heterocycles. The standard InChI is InChI=1S/C12H13Cl2N5O/c1-6-16-10(18-17-6)5-19(2)12(20)8-3-7(15)4-9(13)11(8)14/h3-4H,5,15H2,1-2H3,(H,16,17,18). The third kappa shape index (κ3) is 3.02. The highest BCUT2D eigenvalue weighted by molar-refractivity contribution is 6.44. The van der Waals surface area contributed by atoms with Crippen LogP contribution < -0.4 is 5.73 Å². The molecule has 0 aliphatic rings. The van der Waals surface area contributed by atoms with Crippen LogP contribution in [0.3, 0.4) is 0 Å². The number of aryl methyl sites for hydroxylation is 1. The second-order valence-electron chi connectivity index (χ2n) is 4.36. The molecule has 0 saturated heterocycles. The van der Waals surface area contributed by atoms with Crippen LogP contribution in [0.1, 0.15) is 22.0 Å². The quantitative estimate of drug-likeness (QED) is 0.851. The van der Waals surface area contributed by atoms with Crippen molar-refractivity contribution in [1.82, 2.24) is 20.1 Å². The van der Waals surface area contributed by atoms with E-state index < -0.39 is 0 Å². The lowest BCUT2D eigenvalue weighted by Gasteiger charge is -2.17. The van der Waals surface area contributed by atoms with Gasteiger partial charge in [-0.15, -0.1) is 0 Å². The van der Waals surface area contributed by atoms with E-state index in [1.54, 1.807) is 14.0 Å². The van der Waals surface area contributed by atoms with Crippen LogP contribution in [0.2, 0.25) is 10.0 Å². The van der Waals surface area contributed by atoms with Gasteiger partial charge in [0.25, 0.3) is 5.91 Å². The van der Waals surface area contributed by atoms with Crippen LogP contribution in [0.4, 0.5) is 5.69 Å². The Morgan fingerprint density at radius 2 is 2.15 bits per heavy atom. The molecule has 1 aromatic carbocycles. The first-order chi connectivity index (χ1) is 9.38. The van der Waals surface area contributed by atoms with E-state index in [4.69, 9.17) is 28.9 Å². The number of hydrogen-bond donors (Lipinski definition) is 2.